The van der Waals surface area contributed by atoms with Crippen LogP contribution in [-0.2, 0) is 4.79 Å². The summed E-state index contributed by atoms with van der Waals surface area (Å²) in [6.45, 7) is 2.11. The number of aliphatic hydroxyl groups excluding tert-OH is 1. The normalized spacial score (nSPS) is 10.6. The summed E-state index contributed by atoms with van der Waals surface area (Å²) in [6.07, 6.45) is 0.848. The van der Waals surface area contributed by atoms with Crippen molar-refractivity contribution in [3.8, 4) is 0 Å². The summed E-state index contributed by atoms with van der Waals surface area (Å²) >= 11 is 0. The molecule has 3 nitrogen and oxygen atoms in total. The zero-order chi connectivity index (χ0) is 13.0. The number of amides is 1. The molecule has 2 N–H and O–H groups in total. The molecule has 2 aromatic carbocycles. The first-order valence-electron chi connectivity index (χ1n) is 6.10. The number of hydrogen-bond acceptors (Lipinski definition) is 2. The zero-order valence-corrected chi connectivity index (χ0v) is 10.4. The molecule has 0 aliphatic rings. The highest BCUT2D eigenvalue weighted by molar-refractivity contribution is 5.94. The summed E-state index contributed by atoms with van der Waals surface area (Å²) in [5.41, 5.74) is 2.02. The van der Waals surface area contributed by atoms with Crippen LogP contribution in [0.3, 0.4) is 0 Å². The fraction of sp³-hybridized carbons (Fsp3) is 0.267. The van der Waals surface area contributed by atoms with Crippen molar-refractivity contribution in [2.24, 2.45) is 0 Å². The lowest BCUT2D eigenvalue weighted by atomic mass is 10.1. The molecule has 94 valence electrons. The van der Waals surface area contributed by atoms with E-state index in [4.69, 9.17) is 5.11 Å². The second-order valence-electron chi connectivity index (χ2n) is 4.44. The maximum absolute atomic E-state index is 11.5. The Morgan fingerprint density at radius 2 is 1.89 bits per heavy atom. The van der Waals surface area contributed by atoms with Crippen LogP contribution in [0.4, 0.5) is 5.69 Å². The van der Waals surface area contributed by atoms with Gasteiger partial charge in [0.25, 0.3) is 0 Å². The van der Waals surface area contributed by atoms with E-state index in [1.54, 1.807) is 0 Å². The van der Waals surface area contributed by atoms with Crippen LogP contribution in [0.25, 0.3) is 10.8 Å². The van der Waals surface area contributed by atoms with Gasteiger partial charge in [0.2, 0.25) is 5.91 Å². The highest BCUT2D eigenvalue weighted by Gasteiger charge is 2.02. The van der Waals surface area contributed by atoms with Gasteiger partial charge < -0.3 is 10.4 Å². The van der Waals surface area contributed by atoms with Gasteiger partial charge in [0.05, 0.1) is 0 Å². The van der Waals surface area contributed by atoms with Crippen LogP contribution >= 0.6 is 0 Å². The third-order valence-corrected chi connectivity index (χ3v) is 2.84. The fourth-order valence-electron chi connectivity index (χ4n) is 1.91. The molecule has 0 aliphatic heterocycles. The number of rotatable bonds is 4. The molecule has 0 unspecified atom stereocenters. The molecule has 0 aromatic heterocycles. The van der Waals surface area contributed by atoms with Gasteiger partial charge in [-0.25, -0.2) is 0 Å². The smallest absolute Gasteiger partial charge is 0.224 e. The Morgan fingerprint density at radius 1 is 1.17 bits per heavy atom. The summed E-state index contributed by atoms with van der Waals surface area (Å²) in [7, 11) is 0. The van der Waals surface area contributed by atoms with Gasteiger partial charge in [-0.3, -0.25) is 4.79 Å². The van der Waals surface area contributed by atoms with Crippen molar-refractivity contribution in [1.82, 2.24) is 0 Å². The van der Waals surface area contributed by atoms with Crippen molar-refractivity contribution in [2.45, 2.75) is 19.8 Å². The number of hydrogen-bond donors (Lipinski definition) is 2. The minimum atomic E-state index is -0.0597. The van der Waals surface area contributed by atoms with Crippen molar-refractivity contribution in [1.29, 1.82) is 0 Å². The lowest BCUT2D eigenvalue weighted by molar-refractivity contribution is -0.116. The molecule has 0 atom stereocenters. The molecule has 0 bridgehead atoms. The van der Waals surface area contributed by atoms with Crippen LogP contribution in [0.1, 0.15) is 18.4 Å². The number of aryl methyl sites for hydroxylation is 1. The molecule has 3 heteroatoms. The maximum atomic E-state index is 11.5. The van der Waals surface area contributed by atoms with Crippen molar-refractivity contribution in [2.75, 3.05) is 11.9 Å². The highest BCUT2D eigenvalue weighted by Crippen LogP contribution is 2.20. The fourth-order valence-corrected chi connectivity index (χ4v) is 1.91. The molecule has 2 aromatic rings. The summed E-state index contributed by atoms with van der Waals surface area (Å²) in [4.78, 5) is 11.5. The van der Waals surface area contributed by atoms with E-state index in [1.807, 2.05) is 24.3 Å². The van der Waals surface area contributed by atoms with E-state index in [-0.39, 0.29) is 12.5 Å². The van der Waals surface area contributed by atoms with Gasteiger partial charge in [-0.15, -0.1) is 0 Å². The summed E-state index contributed by atoms with van der Waals surface area (Å²) in [6, 6.07) is 12.1. The number of anilines is 1. The van der Waals surface area contributed by atoms with Crippen LogP contribution in [0, 0.1) is 6.92 Å². The van der Waals surface area contributed by atoms with Gasteiger partial charge >= 0.3 is 0 Å². The van der Waals surface area contributed by atoms with Crippen LogP contribution in [0.2, 0.25) is 0 Å². The lowest BCUT2D eigenvalue weighted by Crippen LogP contribution is -2.11. The second kappa shape index (κ2) is 5.65. The first-order chi connectivity index (χ1) is 8.69. The maximum Gasteiger partial charge on any atom is 0.224 e. The van der Waals surface area contributed by atoms with Crippen LogP contribution in [0.5, 0.6) is 0 Å². The molecule has 0 heterocycles. The highest BCUT2D eigenvalue weighted by atomic mass is 16.3. The van der Waals surface area contributed by atoms with Gasteiger partial charge in [0.1, 0.15) is 0 Å². The topological polar surface area (TPSA) is 49.3 Å². The van der Waals surface area contributed by atoms with Crippen molar-refractivity contribution < 1.29 is 9.90 Å². The van der Waals surface area contributed by atoms with Crippen LogP contribution in [-0.4, -0.2) is 17.6 Å². The van der Waals surface area contributed by atoms with E-state index in [0.717, 1.165) is 11.1 Å². The number of aliphatic hydroxyl groups is 1. The Morgan fingerprint density at radius 3 is 2.67 bits per heavy atom. The predicted molar refractivity (Wildman–Crippen MR) is 73.6 cm³/mol. The molecule has 0 aliphatic carbocycles. The molecular formula is C15H17NO2. The molecule has 18 heavy (non-hydrogen) atoms. The molecule has 0 saturated heterocycles. The Hall–Kier alpha value is -1.87. The Bertz CT molecular complexity index is 563. The minimum Gasteiger partial charge on any atom is -0.396 e. The van der Waals surface area contributed by atoms with Gasteiger partial charge in [-0.2, -0.15) is 0 Å². The van der Waals surface area contributed by atoms with E-state index < -0.39 is 0 Å². The summed E-state index contributed by atoms with van der Waals surface area (Å²) < 4.78 is 0. The Labute approximate surface area is 106 Å². The molecule has 0 spiro atoms. The third kappa shape index (κ3) is 3.08. The molecule has 0 saturated carbocycles. The Kier molecular flexibility index (Phi) is 3.95. The largest absolute Gasteiger partial charge is 0.396 e. The minimum absolute atomic E-state index is 0.0460. The van der Waals surface area contributed by atoms with E-state index >= 15 is 0 Å². The van der Waals surface area contributed by atoms with Gasteiger partial charge in [0.15, 0.2) is 0 Å². The Balaban J connectivity index is 2.15. The van der Waals surface area contributed by atoms with Crippen molar-refractivity contribution >= 4 is 22.4 Å². The van der Waals surface area contributed by atoms with Crippen molar-refractivity contribution in [3.63, 3.8) is 0 Å². The van der Waals surface area contributed by atoms with Crippen molar-refractivity contribution in [3.05, 3.63) is 42.0 Å². The lowest BCUT2D eigenvalue weighted by Gasteiger charge is -2.06. The number of carbonyl (C=O) groups is 1. The second-order valence-corrected chi connectivity index (χ2v) is 4.44. The summed E-state index contributed by atoms with van der Waals surface area (Å²) in [5.74, 6) is -0.0597. The van der Waals surface area contributed by atoms with Gasteiger partial charge in [-0.1, -0.05) is 29.8 Å². The van der Waals surface area contributed by atoms with Gasteiger partial charge in [0, 0.05) is 18.7 Å². The molecule has 2 rings (SSSR count). The van der Waals surface area contributed by atoms with E-state index in [1.165, 1.54) is 10.9 Å². The van der Waals surface area contributed by atoms with E-state index in [2.05, 4.69) is 24.4 Å². The summed E-state index contributed by atoms with van der Waals surface area (Å²) in [5, 5.41) is 13.8. The first kappa shape index (κ1) is 12.6. The molecule has 0 radical (unpaired) electrons. The van der Waals surface area contributed by atoms with E-state index in [0.29, 0.717) is 12.8 Å². The average Bonchev–Trinajstić information content (AvgIpc) is 2.36. The SMILES string of the molecule is Cc1ccc2cc(NC(=O)CCCO)ccc2c1. The van der Waals surface area contributed by atoms with Gasteiger partial charge in [-0.05, 0) is 36.2 Å². The number of carbonyl (C=O) groups excluding carboxylic acids is 1. The molecular weight excluding hydrogens is 226 g/mol. The number of nitrogens with one attached hydrogen (secondary N) is 1. The number of benzene rings is 2. The molecule has 1 amide bonds. The van der Waals surface area contributed by atoms with E-state index in [9.17, 15) is 4.79 Å². The zero-order valence-electron chi connectivity index (χ0n) is 10.4. The monoisotopic (exact) mass is 243 g/mol. The first-order valence-corrected chi connectivity index (χ1v) is 6.10. The number of fused-ring (bicyclic) bond motifs is 1. The van der Waals surface area contributed by atoms with Crippen LogP contribution in [0.15, 0.2) is 36.4 Å². The predicted octanol–water partition coefficient (Wildman–Crippen LogP) is 2.86. The standard InChI is InChI=1S/C15H17NO2/c1-11-4-5-13-10-14(7-6-12(13)9-11)16-15(18)3-2-8-17/h4-7,9-10,17H,2-3,8H2,1H3,(H,16,18). The average molecular weight is 243 g/mol. The third-order valence-electron chi connectivity index (χ3n) is 2.84. The quantitative estimate of drug-likeness (QED) is 0.867. The van der Waals surface area contributed by atoms with Crippen LogP contribution < -0.4 is 5.32 Å². The molecule has 0 fully saturated rings.